The zero-order valence-electron chi connectivity index (χ0n) is 14.8. The molecule has 0 spiro atoms. The minimum atomic E-state index is -0.588. The maximum Gasteiger partial charge on any atom is 0.264 e. The van der Waals surface area contributed by atoms with Gasteiger partial charge < -0.3 is 24.4 Å². The molecule has 25 heavy (non-hydrogen) atoms. The smallest absolute Gasteiger partial charge is 0.264 e. The van der Waals surface area contributed by atoms with Gasteiger partial charge >= 0.3 is 0 Å². The monoisotopic (exact) mass is 348 g/mol. The Balaban J connectivity index is 1.71. The molecule has 7 nitrogen and oxygen atoms in total. The van der Waals surface area contributed by atoms with E-state index in [-0.39, 0.29) is 11.9 Å². The van der Waals surface area contributed by atoms with E-state index in [1.54, 1.807) is 33.5 Å². The topological polar surface area (TPSA) is 78.4 Å². The van der Waals surface area contributed by atoms with Crippen LogP contribution in [0.4, 0.5) is 0 Å². The number of carbonyl (C=O) groups is 1. The molecule has 7 heteroatoms. The van der Waals surface area contributed by atoms with E-state index >= 15 is 0 Å². The van der Waals surface area contributed by atoms with Crippen molar-refractivity contribution in [3.05, 3.63) is 17.7 Å². The first-order chi connectivity index (χ1) is 12.2. The highest BCUT2D eigenvalue weighted by atomic mass is 16.6. The average Bonchev–Trinajstić information content (AvgIpc) is 3.32. The molecule has 1 fully saturated rings. The Labute approximate surface area is 147 Å². The van der Waals surface area contributed by atoms with Gasteiger partial charge in [-0.25, -0.2) is 0 Å². The Bertz CT molecular complexity index is 642. The second-order valence-corrected chi connectivity index (χ2v) is 6.24. The fourth-order valence-corrected chi connectivity index (χ4v) is 3.30. The molecular weight excluding hydrogens is 324 g/mol. The highest BCUT2D eigenvalue weighted by Gasteiger charge is 2.31. The van der Waals surface area contributed by atoms with Crippen molar-refractivity contribution >= 4 is 11.6 Å². The Morgan fingerprint density at radius 3 is 2.32 bits per heavy atom. The Hall–Kier alpha value is -2.44. The number of nitrogens with one attached hydrogen (secondary N) is 1. The highest BCUT2D eigenvalue weighted by molar-refractivity contribution is 6.04. The second-order valence-electron chi connectivity index (χ2n) is 6.24. The van der Waals surface area contributed by atoms with Gasteiger partial charge in [0.1, 0.15) is 0 Å². The molecule has 0 bridgehead atoms. The van der Waals surface area contributed by atoms with E-state index in [1.165, 1.54) is 12.8 Å². The lowest BCUT2D eigenvalue weighted by Crippen LogP contribution is -2.40. The van der Waals surface area contributed by atoms with E-state index in [0.717, 1.165) is 18.4 Å². The van der Waals surface area contributed by atoms with Crippen LogP contribution in [0.2, 0.25) is 0 Å². The summed E-state index contributed by atoms with van der Waals surface area (Å²) in [5, 5.41) is 7.14. The predicted molar refractivity (Wildman–Crippen MR) is 92.5 cm³/mol. The van der Waals surface area contributed by atoms with E-state index < -0.39 is 6.10 Å². The summed E-state index contributed by atoms with van der Waals surface area (Å²) in [4.78, 5) is 17.7. The maximum absolute atomic E-state index is 12.3. The van der Waals surface area contributed by atoms with Gasteiger partial charge in [0, 0.05) is 18.0 Å². The van der Waals surface area contributed by atoms with Crippen molar-refractivity contribution in [2.75, 3.05) is 21.3 Å². The van der Waals surface area contributed by atoms with Crippen molar-refractivity contribution in [1.82, 2.24) is 5.32 Å². The van der Waals surface area contributed by atoms with Crippen LogP contribution in [-0.4, -0.2) is 45.1 Å². The third kappa shape index (κ3) is 3.65. The maximum atomic E-state index is 12.3. The van der Waals surface area contributed by atoms with Gasteiger partial charge in [0.15, 0.2) is 11.5 Å². The van der Waals surface area contributed by atoms with Gasteiger partial charge in [-0.2, -0.15) is 0 Å². The fraction of sp³-hybridized carbons (Fsp3) is 0.556. The summed E-state index contributed by atoms with van der Waals surface area (Å²) in [5.41, 5.74) is 1.47. The van der Waals surface area contributed by atoms with Gasteiger partial charge in [0.2, 0.25) is 11.9 Å². The minimum absolute atomic E-state index is 0.0990. The summed E-state index contributed by atoms with van der Waals surface area (Å²) in [6, 6.07) is 3.88. The van der Waals surface area contributed by atoms with Gasteiger partial charge in [0.05, 0.1) is 27.0 Å². The number of methoxy groups -OCH3 is 3. The first kappa shape index (κ1) is 17.4. The SMILES string of the molecule is COc1cc(C2=NO[C@H](C(=O)NC3CCCC3)C2)cc(OC)c1OC. The second kappa shape index (κ2) is 7.63. The summed E-state index contributed by atoms with van der Waals surface area (Å²) in [6.45, 7) is 0. The van der Waals surface area contributed by atoms with Crippen LogP contribution in [0, 0.1) is 0 Å². The number of oxime groups is 1. The van der Waals surface area contributed by atoms with Crippen molar-refractivity contribution in [2.45, 2.75) is 44.2 Å². The van der Waals surface area contributed by atoms with Gasteiger partial charge in [-0.1, -0.05) is 18.0 Å². The first-order valence-electron chi connectivity index (χ1n) is 8.49. The number of nitrogens with zero attached hydrogens (tertiary/aromatic N) is 1. The standard InChI is InChI=1S/C18H24N2O5/c1-22-14-8-11(9-15(23-2)17(14)24-3)13-10-16(25-20-13)18(21)19-12-6-4-5-7-12/h8-9,12,16H,4-7,10H2,1-3H3,(H,19,21)/t16-/m0/s1. The van der Waals surface area contributed by atoms with Gasteiger partial charge in [-0.3, -0.25) is 4.79 Å². The van der Waals surface area contributed by atoms with E-state index in [1.807, 2.05) is 0 Å². The van der Waals surface area contributed by atoms with Crippen LogP contribution in [0.25, 0.3) is 0 Å². The Morgan fingerprint density at radius 1 is 1.12 bits per heavy atom. The summed E-state index contributed by atoms with van der Waals surface area (Å²) in [6.07, 6.45) is 4.25. The Kier molecular flexibility index (Phi) is 5.31. The number of amides is 1. The molecule has 136 valence electrons. The number of carbonyl (C=O) groups excluding carboxylic acids is 1. The highest BCUT2D eigenvalue weighted by Crippen LogP contribution is 2.39. The number of rotatable bonds is 6. The largest absolute Gasteiger partial charge is 0.493 e. The molecule has 1 atom stereocenters. The average molecular weight is 348 g/mol. The van der Waals surface area contributed by atoms with Crippen LogP contribution in [0.3, 0.4) is 0 Å². The van der Waals surface area contributed by atoms with E-state index in [4.69, 9.17) is 19.0 Å². The quantitative estimate of drug-likeness (QED) is 0.853. The zero-order chi connectivity index (χ0) is 17.8. The zero-order valence-corrected chi connectivity index (χ0v) is 14.8. The normalized spacial score (nSPS) is 20.0. The molecule has 1 N–H and O–H groups in total. The van der Waals surface area contributed by atoms with Crippen molar-refractivity contribution in [2.24, 2.45) is 5.16 Å². The molecule has 1 saturated carbocycles. The molecule has 1 aromatic rings. The van der Waals surface area contributed by atoms with Gasteiger partial charge in [0.25, 0.3) is 5.91 Å². The third-order valence-corrected chi connectivity index (χ3v) is 4.66. The first-order valence-corrected chi connectivity index (χ1v) is 8.49. The summed E-state index contributed by atoms with van der Waals surface area (Å²) < 4.78 is 16.0. The molecule has 3 rings (SSSR count). The molecular formula is C18H24N2O5. The molecule has 1 aromatic carbocycles. The number of ether oxygens (including phenoxy) is 3. The molecule has 1 aliphatic heterocycles. The van der Waals surface area contributed by atoms with Crippen molar-refractivity contribution in [3.63, 3.8) is 0 Å². The van der Waals surface area contributed by atoms with Crippen LogP contribution < -0.4 is 19.5 Å². The molecule has 1 aliphatic carbocycles. The molecule has 0 unspecified atom stereocenters. The number of hydrogen-bond acceptors (Lipinski definition) is 6. The van der Waals surface area contributed by atoms with Crippen molar-refractivity contribution in [3.8, 4) is 17.2 Å². The number of benzene rings is 1. The molecule has 0 saturated heterocycles. The van der Waals surface area contributed by atoms with Crippen LogP contribution in [-0.2, 0) is 9.63 Å². The van der Waals surface area contributed by atoms with E-state index in [2.05, 4.69) is 10.5 Å². The van der Waals surface area contributed by atoms with Crippen LogP contribution in [0.1, 0.15) is 37.7 Å². The molecule has 1 heterocycles. The molecule has 2 aliphatic rings. The summed E-state index contributed by atoms with van der Waals surface area (Å²) in [7, 11) is 4.68. The molecule has 1 amide bonds. The van der Waals surface area contributed by atoms with E-state index in [0.29, 0.717) is 29.4 Å². The summed E-state index contributed by atoms with van der Waals surface area (Å²) >= 11 is 0. The van der Waals surface area contributed by atoms with Gasteiger partial charge in [-0.15, -0.1) is 0 Å². The lowest BCUT2D eigenvalue weighted by atomic mass is 10.0. The Morgan fingerprint density at radius 2 is 1.76 bits per heavy atom. The molecule has 0 aromatic heterocycles. The lowest BCUT2D eigenvalue weighted by Gasteiger charge is -2.15. The summed E-state index contributed by atoms with van der Waals surface area (Å²) in [5.74, 6) is 1.50. The molecule has 0 radical (unpaired) electrons. The third-order valence-electron chi connectivity index (χ3n) is 4.66. The predicted octanol–water partition coefficient (Wildman–Crippen LogP) is 2.26. The van der Waals surface area contributed by atoms with Crippen LogP contribution >= 0.6 is 0 Å². The fourth-order valence-electron chi connectivity index (χ4n) is 3.30. The van der Waals surface area contributed by atoms with Crippen LogP contribution in [0.5, 0.6) is 17.2 Å². The van der Waals surface area contributed by atoms with Gasteiger partial charge in [-0.05, 0) is 25.0 Å². The minimum Gasteiger partial charge on any atom is -0.493 e. The van der Waals surface area contributed by atoms with Crippen molar-refractivity contribution < 1.29 is 23.8 Å². The van der Waals surface area contributed by atoms with E-state index in [9.17, 15) is 4.79 Å². The van der Waals surface area contributed by atoms with Crippen LogP contribution in [0.15, 0.2) is 17.3 Å². The lowest BCUT2D eigenvalue weighted by molar-refractivity contribution is -0.131. The number of hydrogen-bond donors (Lipinski definition) is 1. The van der Waals surface area contributed by atoms with Crippen molar-refractivity contribution in [1.29, 1.82) is 0 Å².